The number of nitrogens with zero attached hydrogens (tertiary/aromatic N) is 3. The van der Waals surface area contributed by atoms with E-state index < -0.39 is 0 Å². The molecule has 26 heavy (non-hydrogen) atoms. The smallest absolute Gasteiger partial charge is 0.147 e. The highest BCUT2D eigenvalue weighted by Gasteiger charge is 2.46. The van der Waals surface area contributed by atoms with Gasteiger partial charge in [-0.1, -0.05) is 23.7 Å². The van der Waals surface area contributed by atoms with Crippen molar-refractivity contribution in [1.29, 1.82) is 0 Å². The highest BCUT2D eigenvalue weighted by molar-refractivity contribution is 6.32. The van der Waals surface area contributed by atoms with Gasteiger partial charge in [0.2, 0.25) is 0 Å². The first kappa shape index (κ1) is 21.1. The van der Waals surface area contributed by atoms with Gasteiger partial charge in [-0.25, -0.2) is 4.98 Å². The van der Waals surface area contributed by atoms with Crippen molar-refractivity contribution < 1.29 is 4.74 Å². The highest BCUT2D eigenvalue weighted by Crippen LogP contribution is 2.45. The summed E-state index contributed by atoms with van der Waals surface area (Å²) in [5.41, 5.74) is 1.36. The maximum Gasteiger partial charge on any atom is 0.147 e. The number of anilines is 1. The summed E-state index contributed by atoms with van der Waals surface area (Å²) >= 11 is 6.35. The van der Waals surface area contributed by atoms with Gasteiger partial charge >= 0.3 is 0 Å². The minimum Gasteiger partial charge on any atom is -0.497 e. The van der Waals surface area contributed by atoms with Crippen LogP contribution in [0.1, 0.15) is 11.6 Å². The molecule has 0 bridgehead atoms. The Hall–Kier alpha value is -1.20. The standard InChI is InChI=1S/C19H22ClN3O.2ClH/c1-22-10-14-11-23(19-17(20)4-3-9-21-19)12-16(14)18(22)13-5-7-15(24-2)8-6-13;;/h3-9,14,16,18H,10-12H2,1-2H3;2*1H/t14-,16+,18+;;/m0../s1. The Balaban J connectivity index is 0.00000121. The summed E-state index contributed by atoms with van der Waals surface area (Å²) in [6.07, 6.45) is 1.82. The largest absolute Gasteiger partial charge is 0.497 e. The Morgan fingerprint density at radius 2 is 1.81 bits per heavy atom. The fourth-order valence-corrected chi connectivity index (χ4v) is 4.58. The Morgan fingerprint density at radius 1 is 1.08 bits per heavy atom. The van der Waals surface area contributed by atoms with E-state index in [2.05, 4.69) is 46.1 Å². The summed E-state index contributed by atoms with van der Waals surface area (Å²) in [5.74, 6) is 3.08. The lowest BCUT2D eigenvalue weighted by molar-refractivity contribution is 0.279. The van der Waals surface area contributed by atoms with E-state index in [1.54, 1.807) is 7.11 Å². The van der Waals surface area contributed by atoms with Crippen molar-refractivity contribution in [3.8, 4) is 5.75 Å². The van der Waals surface area contributed by atoms with E-state index in [-0.39, 0.29) is 24.8 Å². The molecular formula is C19H24Cl3N3O. The van der Waals surface area contributed by atoms with Crippen molar-refractivity contribution in [1.82, 2.24) is 9.88 Å². The van der Waals surface area contributed by atoms with Crippen LogP contribution in [-0.4, -0.2) is 43.7 Å². The lowest BCUT2D eigenvalue weighted by atomic mass is 9.89. The van der Waals surface area contributed by atoms with Crippen LogP contribution in [0, 0.1) is 11.8 Å². The summed E-state index contributed by atoms with van der Waals surface area (Å²) in [7, 11) is 3.93. The zero-order valence-corrected chi connectivity index (χ0v) is 17.2. The molecule has 142 valence electrons. The maximum atomic E-state index is 6.35. The van der Waals surface area contributed by atoms with Gasteiger partial charge in [0.15, 0.2) is 0 Å². The van der Waals surface area contributed by atoms with Gasteiger partial charge in [-0.15, -0.1) is 24.8 Å². The SMILES string of the molecule is COc1ccc([C@@H]2[C@@H]3CN(c4ncccc4Cl)C[C@@H]3CN2C)cc1.Cl.Cl. The molecule has 4 nitrogen and oxygen atoms in total. The van der Waals surface area contributed by atoms with Gasteiger partial charge in [0, 0.05) is 37.8 Å². The number of halogens is 3. The third-order valence-corrected chi connectivity index (χ3v) is 5.69. The maximum absolute atomic E-state index is 6.35. The number of hydrogen-bond acceptors (Lipinski definition) is 4. The average molecular weight is 417 g/mol. The third kappa shape index (κ3) is 3.74. The number of aromatic nitrogens is 1. The van der Waals surface area contributed by atoms with Crippen LogP contribution in [0.15, 0.2) is 42.6 Å². The molecule has 3 heterocycles. The van der Waals surface area contributed by atoms with E-state index in [9.17, 15) is 0 Å². The number of hydrogen-bond donors (Lipinski definition) is 0. The summed E-state index contributed by atoms with van der Waals surface area (Å²) in [4.78, 5) is 9.32. The molecule has 2 aliphatic heterocycles. The van der Waals surface area contributed by atoms with E-state index in [0.717, 1.165) is 36.2 Å². The molecule has 3 atom stereocenters. The predicted octanol–water partition coefficient (Wildman–Crippen LogP) is 4.33. The molecule has 0 N–H and O–H groups in total. The number of ether oxygens (including phenoxy) is 1. The van der Waals surface area contributed by atoms with Gasteiger partial charge in [0.05, 0.1) is 12.1 Å². The summed E-state index contributed by atoms with van der Waals surface area (Å²) in [5, 5.41) is 0.742. The number of fused-ring (bicyclic) bond motifs is 1. The van der Waals surface area contributed by atoms with E-state index in [1.165, 1.54) is 5.56 Å². The van der Waals surface area contributed by atoms with Gasteiger partial charge in [-0.2, -0.15) is 0 Å². The quantitative estimate of drug-likeness (QED) is 0.745. The highest BCUT2D eigenvalue weighted by atomic mass is 35.5. The molecule has 2 aromatic rings. The molecule has 2 saturated heterocycles. The van der Waals surface area contributed by atoms with Crippen molar-refractivity contribution in [2.45, 2.75) is 6.04 Å². The van der Waals surface area contributed by atoms with Crippen molar-refractivity contribution >= 4 is 42.2 Å². The lowest BCUT2D eigenvalue weighted by Crippen LogP contribution is -2.29. The lowest BCUT2D eigenvalue weighted by Gasteiger charge is -2.27. The van der Waals surface area contributed by atoms with E-state index in [4.69, 9.17) is 16.3 Å². The van der Waals surface area contributed by atoms with Gasteiger partial charge in [-0.05, 0) is 42.8 Å². The Kier molecular flexibility index (Phi) is 7.03. The van der Waals surface area contributed by atoms with Crippen LogP contribution in [0.5, 0.6) is 5.75 Å². The molecule has 2 aliphatic rings. The minimum atomic E-state index is 0. The first-order valence-electron chi connectivity index (χ1n) is 8.37. The first-order valence-corrected chi connectivity index (χ1v) is 8.75. The Bertz CT molecular complexity index is 728. The molecule has 4 rings (SSSR count). The van der Waals surface area contributed by atoms with Crippen molar-refractivity contribution in [3.05, 3.63) is 53.2 Å². The van der Waals surface area contributed by atoms with Gasteiger partial charge in [0.25, 0.3) is 0 Å². The van der Waals surface area contributed by atoms with Gasteiger partial charge in [0.1, 0.15) is 11.6 Å². The van der Waals surface area contributed by atoms with Crippen molar-refractivity contribution in [2.75, 3.05) is 38.7 Å². The summed E-state index contributed by atoms with van der Waals surface area (Å²) < 4.78 is 5.29. The molecule has 0 unspecified atom stereocenters. The molecule has 0 saturated carbocycles. The minimum absolute atomic E-state index is 0. The second-order valence-corrected chi connectivity index (χ2v) is 7.20. The number of pyridine rings is 1. The normalized spacial score (nSPS) is 24.6. The van der Waals surface area contributed by atoms with Crippen LogP contribution in [0.4, 0.5) is 5.82 Å². The topological polar surface area (TPSA) is 28.6 Å². The molecule has 0 spiro atoms. The fraction of sp³-hybridized carbons (Fsp3) is 0.421. The monoisotopic (exact) mass is 415 g/mol. The predicted molar refractivity (Wildman–Crippen MR) is 111 cm³/mol. The zero-order chi connectivity index (χ0) is 16.7. The second kappa shape index (κ2) is 8.66. The van der Waals surface area contributed by atoms with Gasteiger partial charge in [-0.3, -0.25) is 4.90 Å². The number of rotatable bonds is 3. The van der Waals surface area contributed by atoms with Gasteiger partial charge < -0.3 is 9.64 Å². The van der Waals surface area contributed by atoms with Crippen molar-refractivity contribution in [3.63, 3.8) is 0 Å². The number of likely N-dealkylation sites (tertiary alicyclic amines) is 1. The number of methoxy groups -OCH3 is 1. The summed E-state index contributed by atoms with van der Waals surface area (Å²) in [6, 6.07) is 12.7. The van der Waals surface area contributed by atoms with Crippen LogP contribution in [0.2, 0.25) is 5.02 Å². The van der Waals surface area contributed by atoms with E-state index >= 15 is 0 Å². The van der Waals surface area contributed by atoms with Crippen LogP contribution < -0.4 is 9.64 Å². The molecule has 2 fully saturated rings. The Labute approximate surface area is 172 Å². The number of benzene rings is 1. The molecule has 0 aliphatic carbocycles. The fourth-order valence-electron chi connectivity index (χ4n) is 4.34. The van der Waals surface area contributed by atoms with E-state index in [0.29, 0.717) is 17.9 Å². The molecule has 0 amide bonds. The molecule has 1 aromatic carbocycles. The second-order valence-electron chi connectivity index (χ2n) is 6.80. The molecule has 1 aromatic heterocycles. The van der Waals surface area contributed by atoms with Crippen LogP contribution in [0.3, 0.4) is 0 Å². The molecule has 0 radical (unpaired) electrons. The van der Waals surface area contributed by atoms with E-state index in [1.807, 2.05) is 18.3 Å². The van der Waals surface area contributed by atoms with Crippen molar-refractivity contribution in [2.24, 2.45) is 11.8 Å². The van der Waals surface area contributed by atoms with Crippen LogP contribution in [-0.2, 0) is 0 Å². The van der Waals surface area contributed by atoms with Crippen LogP contribution in [0.25, 0.3) is 0 Å². The average Bonchev–Trinajstić information content (AvgIpc) is 3.12. The Morgan fingerprint density at radius 3 is 2.46 bits per heavy atom. The third-order valence-electron chi connectivity index (χ3n) is 5.39. The van der Waals surface area contributed by atoms with Crippen LogP contribution >= 0.6 is 36.4 Å². The first-order chi connectivity index (χ1) is 11.7. The molecular weight excluding hydrogens is 393 g/mol. The zero-order valence-electron chi connectivity index (χ0n) is 14.8. The molecule has 7 heteroatoms. The summed E-state index contributed by atoms with van der Waals surface area (Å²) in [6.45, 7) is 3.14.